The number of amides is 2. The van der Waals surface area contributed by atoms with Gasteiger partial charge in [-0.3, -0.25) is 9.59 Å². The van der Waals surface area contributed by atoms with Crippen LogP contribution in [0.3, 0.4) is 0 Å². The van der Waals surface area contributed by atoms with Crippen molar-refractivity contribution in [1.29, 1.82) is 0 Å². The first-order valence-corrected chi connectivity index (χ1v) is 10.1. The van der Waals surface area contributed by atoms with E-state index in [2.05, 4.69) is 16.0 Å². The summed E-state index contributed by atoms with van der Waals surface area (Å²) in [5, 5.41) is 9.27. The highest BCUT2D eigenvalue weighted by Gasteiger charge is 2.12. The van der Waals surface area contributed by atoms with E-state index in [1.807, 2.05) is 6.92 Å². The summed E-state index contributed by atoms with van der Waals surface area (Å²) >= 11 is 17.0. The Bertz CT molecular complexity index is 893. The van der Waals surface area contributed by atoms with Crippen LogP contribution in [0.4, 0.5) is 5.69 Å². The van der Waals surface area contributed by atoms with Crippen LogP contribution in [0.5, 0.6) is 5.75 Å². The molecule has 0 aliphatic heterocycles. The number of nitrogens with one attached hydrogen (secondary N) is 3. The average molecular weight is 454 g/mol. The van der Waals surface area contributed by atoms with E-state index >= 15 is 0 Å². The van der Waals surface area contributed by atoms with Gasteiger partial charge in [0.25, 0.3) is 5.91 Å². The van der Waals surface area contributed by atoms with E-state index in [1.165, 1.54) is 0 Å². The van der Waals surface area contributed by atoms with Crippen LogP contribution >= 0.6 is 35.4 Å². The fourth-order valence-corrected chi connectivity index (χ4v) is 3.08. The van der Waals surface area contributed by atoms with Crippen molar-refractivity contribution in [2.24, 2.45) is 0 Å². The molecular weight excluding hydrogens is 433 g/mol. The summed E-state index contributed by atoms with van der Waals surface area (Å²) in [5.74, 6) is 0.0298. The fourth-order valence-electron chi connectivity index (χ4n) is 2.40. The monoisotopic (exact) mass is 453 g/mol. The first kappa shape index (κ1) is 22.9. The van der Waals surface area contributed by atoms with E-state index in [0.29, 0.717) is 46.6 Å². The van der Waals surface area contributed by atoms with Crippen LogP contribution < -0.4 is 20.7 Å². The predicted molar refractivity (Wildman–Crippen MR) is 120 cm³/mol. The lowest BCUT2D eigenvalue weighted by atomic mass is 10.1. The molecule has 154 valence electrons. The summed E-state index contributed by atoms with van der Waals surface area (Å²) in [7, 11) is 0. The first-order chi connectivity index (χ1) is 13.9. The number of para-hydroxylation sites is 1. The maximum Gasteiger partial charge on any atom is 0.253 e. The van der Waals surface area contributed by atoms with E-state index in [1.54, 1.807) is 42.5 Å². The fraction of sp³-hybridized carbons (Fsp3) is 0.250. The summed E-state index contributed by atoms with van der Waals surface area (Å²) in [6.07, 6.45) is 0.688. The molecule has 2 aromatic carbocycles. The summed E-state index contributed by atoms with van der Waals surface area (Å²) in [5.41, 5.74) is 0.962. The molecule has 0 atom stereocenters. The third-order valence-corrected chi connectivity index (χ3v) is 4.44. The van der Waals surface area contributed by atoms with Crippen molar-refractivity contribution in [3.05, 3.63) is 58.1 Å². The molecule has 0 fully saturated rings. The molecule has 3 N–H and O–H groups in total. The summed E-state index contributed by atoms with van der Waals surface area (Å²) in [4.78, 5) is 24.2. The number of hydrogen-bond acceptors (Lipinski definition) is 4. The van der Waals surface area contributed by atoms with Gasteiger partial charge in [-0.05, 0) is 55.9 Å². The molecule has 0 spiro atoms. The molecular formula is C20H21Cl2N3O3S. The van der Waals surface area contributed by atoms with Gasteiger partial charge >= 0.3 is 0 Å². The largest absolute Gasteiger partial charge is 0.492 e. The Labute approximate surface area is 184 Å². The lowest BCUT2D eigenvalue weighted by Gasteiger charge is -2.13. The smallest absolute Gasteiger partial charge is 0.253 e. The Balaban J connectivity index is 1.78. The Morgan fingerprint density at radius 3 is 2.62 bits per heavy atom. The van der Waals surface area contributed by atoms with Gasteiger partial charge in [-0.1, -0.05) is 35.3 Å². The molecule has 9 heteroatoms. The molecule has 0 aliphatic carbocycles. The quantitative estimate of drug-likeness (QED) is 0.407. The molecule has 2 aromatic rings. The van der Waals surface area contributed by atoms with E-state index in [-0.39, 0.29) is 23.3 Å². The van der Waals surface area contributed by atoms with Gasteiger partial charge < -0.3 is 20.7 Å². The maximum atomic E-state index is 12.1. The normalized spacial score (nSPS) is 10.2. The molecule has 0 bridgehead atoms. The molecule has 0 unspecified atom stereocenters. The number of benzene rings is 2. The second-order valence-corrected chi connectivity index (χ2v) is 7.19. The van der Waals surface area contributed by atoms with Crippen LogP contribution in [-0.2, 0) is 4.79 Å². The van der Waals surface area contributed by atoms with E-state index in [0.717, 1.165) is 0 Å². The maximum absolute atomic E-state index is 12.1. The number of ether oxygens (including phenoxy) is 1. The summed E-state index contributed by atoms with van der Waals surface area (Å²) in [6.45, 7) is 2.66. The van der Waals surface area contributed by atoms with Crippen molar-refractivity contribution in [3.63, 3.8) is 0 Å². The molecule has 0 heterocycles. The zero-order valence-corrected chi connectivity index (χ0v) is 18.1. The van der Waals surface area contributed by atoms with Crippen LogP contribution in [-0.4, -0.2) is 30.1 Å². The number of carbonyl (C=O) groups excluding carboxylic acids is 2. The Morgan fingerprint density at radius 1 is 1.14 bits per heavy atom. The number of thiocarbonyl (C=S) groups is 1. The van der Waals surface area contributed by atoms with Crippen molar-refractivity contribution in [1.82, 2.24) is 10.6 Å². The van der Waals surface area contributed by atoms with Gasteiger partial charge in [0.15, 0.2) is 5.11 Å². The number of carbonyl (C=O) groups is 2. The number of rotatable bonds is 8. The highest BCUT2D eigenvalue weighted by molar-refractivity contribution is 7.80. The predicted octanol–water partition coefficient (Wildman–Crippen LogP) is 4.42. The van der Waals surface area contributed by atoms with E-state index < -0.39 is 0 Å². The number of hydrogen-bond donors (Lipinski definition) is 3. The third kappa shape index (κ3) is 7.53. The van der Waals surface area contributed by atoms with Crippen molar-refractivity contribution in [2.45, 2.75) is 19.8 Å². The van der Waals surface area contributed by atoms with Crippen LogP contribution in [0.1, 0.15) is 30.1 Å². The highest BCUT2D eigenvalue weighted by Crippen LogP contribution is 2.27. The van der Waals surface area contributed by atoms with Gasteiger partial charge in [0.1, 0.15) is 5.75 Å². The number of anilines is 1. The second kappa shape index (κ2) is 11.6. The van der Waals surface area contributed by atoms with Gasteiger partial charge in [0.05, 0.1) is 22.9 Å². The lowest BCUT2D eigenvalue weighted by molar-refractivity contribution is -0.119. The third-order valence-electron chi connectivity index (χ3n) is 3.71. The zero-order valence-electron chi connectivity index (χ0n) is 15.8. The molecule has 0 radical (unpaired) electrons. The minimum Gasteiger partial charge on any atom is -0.492 e. The average Bonchev–Trinajstić information content (AvgIpc) is 2.67. The standard InChI is InChI=1S/C20H21Cl2N3O3S/c1-2-23-19(27)14-6-3-4-7-16(14)24-20(29)25-18(26)8-5-11-28-17-10-9-13(21)12-15(17)22/h3-4,6-7,9-10,12H,2,5,8,11H2,1H3,(H,23,27)(H2,24,25,26,29). The molecule has 6 nitrogen and oxygen atoms in total. The van der Waals surface area contributed by atoms with E-state index in [9.17, 15) is 9.59 Å². The lowest BCUT2D eigenvalue weighted by Crippen LogP contribution is -2.35. The van der Waals surface area contributed by atoms with Gasteiger partial charge in [-0.2, -0.15) is 0 Å². The van der Waals surface area contributed by atoms with Crippen LogP contribution in [0.15, 0.2) is 42.5 Å². The van der Waals surface area contributed by atoms with E-state index in [4.69, 9.17) is 40.2 Å². The van der Waals surface area contributed by atoms with Gasteiger partial charge in [-0.25, -0.2) is 0 Å². The minimum atomic E-state index is -0.260. The van der Waals surface area contributed by atoms with Crippen molar-refractivity contribution in [2.75, 3.05) is 18.5 Å². The molecule has 2 rings (SSSR count). The van der Waals surface area contributed by atoms with Crippen LogP contribution in [0, 0.1) is 0 Å². The second-order valence-electron chi connectivity index (χ2n) is 5.93. The minimum absolute atomic E-state index is 0.119. The topological polar surface area (TPSA) is 79.5 Å². The van der Waals surface area contributed by atoms with Crippen LogP contribution in [0.25, 0.3) is 0 Å². The van der Waals surface area contributed by atoms with Crippen molar-refractivity contribution >= 4 is 58.0 Å². The van der Waals surface area contributed by atoms with Crippen molar-refractivity contribution < 1.29 is 14.3 Å². The SMILES string of the molecule is CCNC(=O)c1ccccc1NC(=S)NC(=O)CCCOc1ccc(Cl)cc1Cl. The van der Waals surface area contributed by atoms with Gasteiger partial charge in [0.2, 0.25) is 5.91 Å². The zero-order chi connectivity index (χ0) is 21.2. The number of halogens is 2. The Kier molecular flexibility index (Phi) is 9.18. The molecule has 0 saturated carbocycles. The molecule has 0 aliphatic rings. The van der Waals surface area contributed by atoms with Crippen molar-refractivity contribution in [3.8, 4) is 5.75 Å². The summed E-state index contributed by atoms with van der Waals surface area (Å²) in [6, 6.07) is 11.9. The molecule has 2 amide bonds. The summed E-state index contributed by atoms with van der Waals surface area (Å²) < 4.78 is 5.54. The van der Waals surface area contributed by atoms with Gasteiger partial charge in [-0.15, -0.1) is 0 Å². The molecule has 29 heavy (non-hydrogen) atoms. The molecule has 0 aromatic heterocycles. The van der Waals surface area contributed by atoms with Gasteiger partial charge in [0, 0.05) is 18.0 Å². The Hall–Kier alpha value is -2.35. The Morgan fingerprint density at radius 2 is 1.90 bits per heavy atom. The highest BCUT2D eigenvalue weighted by atomic mass is 35.5. The first-order valence-electron chi connectivity index (χ1n) is 8.96. The van der Waals surface area contributed by atoms with Crippen LogP contribution in [0.2, 0.25) is 10.0 Å². The molecule has 0 saturated heterocycles.